The number of carbonyl (C=O) groups is 1. The second-order valence-electron chi connectivity index (χ2n) is 4.55. The molecule has 0 atom stereocenters. The first-order valence-electron chi connectivity index (χ1n) is 6.64. The molecule has 2 aromatic carbocycles. The number of benzene rings is 2. The number of rotatable bonds is 5. The van der Waals surface area contributed by atoms with Crippen molar-refractivity contribution in [3.63, 3.8) is 0 Å². The quantitative estimate of drug-likeness (QED) is 0.915. The minimum Gasteiger partial charge on any atom is -0.497 e. The van der Waals surface area contributed by atoms with Crippen molar-refractivity contribution in [2.24, 2.45) is 0 Å². The average Bonchev–Trinajstić information content (AvgIpc) is 2.55. The molecule has 2 aromatic rings. The van der Waals surface area contributed by atoms with Gasteiger partial charge in [0.1, 0.15) is 5.75 Å². The number of ether oxygens (including phenoxy) is 1. The molecule has 0 spiro atoms. The Kier molecular flexibility index (Phi) is 4.94. The van der Waals surface area contributed by atoms with Crippen molar-refractivity contribution < 1.29 is 9.53 Å². The highest BCUT2D eigenvalue weighted by molar-refractivity contribution is 5.94. The van der Waals surface area contributed by atoms with E-state index in [0.717, 1.165) is 17.7 Å². The first-order valence-corrected chi connectivity index (χ1v) is 6.64. The predicted octanol–water partition coefficient (Wildman–Crippen LogP) is 2.54. The second kappa shape index (κ2) is 7.11. The number of amides is 1. The van der Waals surface area contributed by atoms with Crippen molar-refractivity contribution in [1.29, 1.82) is 5.26 Å². The summed E-state index contributed by atoms with van der Waals surface area (Å²) in [6.07, 6.45) is 0.723. The molecule has 0 bridgehead atoms. The largest absolute Gasteiger partial charge is 0.497 e. The number of nitriles is 1. The molecule has 0 saturated heterocycles. The van der Waals surface area contributed by atoms with E-state index in [2.05, 4.69) is 5.32 Å². The van der Waals surface area contributed by atoms with Gasteiger partial charge in [-0.1, -0.05) is 18.2 Å². The number of hydrogen-bond donors (Lipinski definition) is 1. The van der Waals surface area contributed by atoms with E-state index in [1.54, 1.807) is 31.4 Å². The van der Waals surface area contributed by atoms with Crippen molar-refractivity contribution in [3.05, 3.63) is 65.2 Å². The lowest BCUT2D eigenvalue weighted by Crippen LogP contribution is -2.25. The van der Waals surface area contributed by atoms with Gasteiger partial charge in [-0.25, -0.2) is 0 Å². The second-order valence-corrected chi connectivity index (χ2v) is 4.55. The van der Waals surface area contributed by atoms with Gasteiger partial charge in [-0.3, -0.25) is 4.79 Å². The molecule has 0 radical (unpaired) electrons. The number of carbonyl (C=O) groups excluding carboxylic acids is 1. The third kappa shape index (κ3) is 4.08. The molecule has 0 saturated carbocycles. The summed E-state index contributed by atoms with van der Waals surface area (Å²) < 4.78 is 5.16. The Morgan fingerprint density at radius 2 is 2.05 bits per heavy atom. The molecule has 4 heteroatoms. The lowest BCUT2D eigenvalue weighted by Gasteiger charge is -2.07. The van der Waals surface area contributed by atoms with E-state index < -0.39 is 0 Å². The molecule has 0 fully saturated rings. The van der Waals surface area contributed by atoms with Gasteiger partial charge in [0, 0.05) is 12.1 Å². The summed E-state index contributed by atoms with van der Waals surface area (Å²) in [5.41, 5.74) is 2.08. The molecular weight excluding hydrogens is 264 g/mol. The highest BCUT2D eigenvalue weighted by Crippen LogP contribution is 2.12. The first-order chi connectivity index (χ1) is 10.2. The Hall–Kier alpha value is -2.80. The Morgan fingerprint density at radius 3 is 2.81 bits per heavy atom. The number of hydrogen-bond acceptors (Lipinski definition) is 3. The van der Waals surface area contributed by atoms with E-state index in [-0.39, 0.29) is 5.91 Å². The molecule has 0 aliphatic heterocycles. The molecule has 1 N–H and O–H groups in total. The van der Waals surface area contributed by atoms with Crippen LogP contribution < -0.4 is 10.1 Å². The van der Waals surface area contributed by atoms with E-state index in [4.69, 9.17) is 10.00 Å². The third-order valence-electron chi connectivity index (χ3n) is 3.09. The molecule has 1 amide bonds. The van der Waals surface area contributed by atoms with Crippen LogP contribution in [0.15, 0.2) is 48.5 Å². The van der Waals surface area contributed by atoms with Crippen LogP contribution in [-0.4, -0.2) is 19.6 Å². The van der Waals surface area contributed by atoms with Gasteiger partial charge in [-0.15, -0.1) is 0 Å². The summed E-state index contributed by atoms with van der Waals surface area (Å²) in [6, 6.07) is 16.4. The topological polar surface area (TPSA) is 62.1 Å². The van der Waals surface area contributed by atoms with Crippen LogP contribution in [0.5, 0.6) is 5.75 Å². The van der Waals surface area contributed by atoms with Crippen LogP contribution in [0.25, 0.3) is 0 Å². The molecular formula is C17H16N2O2. The van der Waals surface area contributed by atoms with Crippen LogP contribution in [-0.2, 0) is 6.42 Å². The van der Waals surface area contributed by atoms with E-state index in [0.29, 0.717) is 17.7 Å². The highest BCUT2D eigenvalue weighted by Gasteiger charge is 2.05. The van der Waals surface area contributed by atoms with E-state index >= 15 is 0 Å². The number of nitrogens with zero attached hydrogens (tertiary/aromatic N) is 1. The van der Waals surface area contributed by atoms with Gasteiger partial charge in [-0.2, -0.15) is 5.26 Å². The lowest BCUT2D eigenvalue weighted by atomic mass is 10.1. The van der Waals surface area contributed by atoms with Crippen LogP contribution >= 0.6 is 0 Å². The third-order valence-corrected chi connectivity index (χ3v) is 3.09. The number of methoxy groups -OCH3 is 1. The van der Waals surface area contributed by atoms with Crippen LogP contribution in [0.1, 0.15) is 21.5 Å². The zero-order chi connectivity index (χ0) is 15.1. The van der Waals surface area contributed by atoms with Crippen LogP contribution in [0.4, 0.5) is 0 Å². The van der Waals surface area contributed by atoms with Crippen molar-refractivity contribution in [2.45, 2.75) is 6.42 Å². The molecule has 21 heavy (non-hydrogen) atoms. The van der Waals surface area contributed by atoms with Crippen molar-refractivity contribution in [2.75, 3.05) is 13.7 Å². The van der Waals surface area contributed by atoms with Gasteiger partial charge in [0.25, 0.3) is 5.91 Å². The minimum absolute atomic E-state index is 0.171. The fraction of sp³-hybridized carbons (Fsp3) is 0.176. The maximum absolute atomic E-state index is 12.0. The van der Waals surface area contributed by atoms with Crippen LogP contribution in [0.3, 0.4) is 0 Å². The highest BCUT2D eigenvalue weighted by atomic mass is 16.5. The summed E-state index contributed by atoms with van der Waals surface area (Å²) in [6.45, 7) is 0.531. The Morgan fingerprint density at radius 1 is 1.24 bits per heavy atom. The van der Waals surface area contributed by atoms with Crippen molar-refractivity contribution >= 4 is 5.91 Å². The van der Waals surface area contributed by atoms with Gasteiger partial charge in [0.15, 0.2) is 0 Å². The molecule has 0 aliphatic carbocycles. The minimum atomic E-state index is -0.171. The van der Waals surface area contributed by atoms with Gasteiger partial charge in [0.2, 0.25) is 0 Å². The molecule has 0 unspecified atom stereocenters. The molecule has 4 nitrogen and oxygen atoms in total. The molecule has 0 aliphatic rings. The monoisotopic (exact) mass is 280 g/mol. The van der Waals surface area contributed by atoms with Gasteiger partial charge in [0.05, 0.1) is 18.7 Å². The Balaban J connectivity index is 1.90. The predicted molar refractivity (Wildman–Crippen MR) is 80.2 cm³/mol. The maximum atomic E-state index is 12.0. The molecule has 2 rings (SSSR count). The lowest BCUT2D eigenvalue weighted by molar-refractivity contribution is 0.0954. The summed E-state index contributed by atoms with van der Waals surface area (Å²) >= 11 is 0. The summed E-state index contributed by atoms with van der Waals surface area (Å²) in [4.78, 5) is 12.0. The summed E-state index contributed by atoms with van der Waals surface area (Å²) in [5.74, 6) is 0.635. The number of nitrogens with one attached hydrogen (secondary N) is 1. The standard InChI is InChI=1S/C17H16N2O2/c1-21-16-7-3-4-13(11-16)8-9-19-17(20)15-6-2-5-14(10-15)12-18/h2-7,10-11H,8-9H2,1H3,(H,19,20). The maximum Gasteiger partial charge on any atom is 0.251 e. The Labute approximate surface area is 124 Å². The average molecular weight is 280 g/mol. The van der Waals surface area contributed by atoms with Crippen molar-refractivity contribution in [1.82, 2.24) is 5.32 Å². The van der Waals surface area contributed by atoms with E-state index in [1.165, 1.54) is 0 Å². The zero-order valence-corrected chi connectivity index (χ0v) is 11.8. The molecule has 0 aromatic heterocycles. The fourth-order valence-corrected chi connectivity index (χ4v) is 1.98. The summed E-state index contributed by atoms with van der Waals surface area (Å²) in [5, 5.41) is 11.7. The SMILES string of the molecule is COc1cccc(CCNC(=O)c2cccc(C#N)c2)c1. The molecule has 106 valence electrons. The molecule has 0 heterocycles. The zero-order valence-electron chi connectivity index (χ0n) is 11.8. The van der Waals surface area contributed by atoms with Crippen molar-refractivity contribution in [3.8, 4) is 11.8 Å². The van der Waals surface area contributed by atoms with E-state index in [9.17, 15) is 4.79 Å². The van der Waals surface area contributed by atoms with Gasteiger partial charge in [-0.05, 0) is 42.3 Å². The van der Waals surface area contributed by atoms with Crippen LogP contribution in [0, 0.1) is 11.3 Å². The van der Waals surface area contributed by atoms with Crippen LogP contribution in [0.2, 0.25) is 0 Å². The van der Waals surface area contributed by atoms with Gasteiger partial charge < -0.3 is 10.1 Å². The fourth-order valence-electron chi connectivity index (χ4n) is 1.98. The van der Waals surface area contributed by atoms with E-state index in [1.807, 2.05) is 30.3 Å². The Bertz CT molecular complexity index is 674. The summed E-state index contributed by atoms with van der Waals surface area (Å²) in [7, 11) is 1.63. The first kappa shape index (κ1) is 14.6. The normalized spacial score (nSPS) is 9.71. The van der Waals surface area contributed by atoms with Gasteiger partial charge >= 0.3 is 0 Å². The smallest absolute Gasteiger partial charge is 0.251 e.